The Hall–Kier alpha value is -3.93. The van der Waals surface area contributed by atoms with Crippen LogP contribution in [0.5, 0.6) is 5.75 Å². The molecule has 2 heterocycles. The van der Waals surface area contributed by atoms with Crippen LogP contribution in [0.3, 0.4) is 0 Å². The van der Waals surface area contributed by atoms with E-state index in [9.17, 15) is 26.4 Å². The number of aryl methyl sites for hydroxylation is 1. The van der Waals surface area contributed by atoms with Gasteiger partial charge in [-0.2, -0.15) is 13.2 Å². The largest absolute Gasteiger partial charge is 0.495 e. The molecule has 0 aliphatic heterocycles. The van der Waals surface area contributed by atoms with Gasteiger partial charge in [0.15, 0.2) is 11.6 Å². The van der Waals surface area contributed by atoms with Gasteiger partial charge in [0, 0.05) is 17.1 Å². The molecule has 182 valence electrons. The second kappa shape index (κ2) is 8.69. The molecule has 2 aromatic carbocycles. The fraction of sp³-hybridized carbons (Fsp3) is 0.130. The Balaban J connectivity index is 1.74. The summed E-state index contributed by atoms with van der Waals surface area (Å²) in [6.07, 6.45) is -1.99. The summed E-state index contributed by atoms with van der Waals surface area (Å²) >= 11 is 0. The topological polar surface area (TPSA) is 101 Å². The van der Waals surface area contributed by atoms with Gasteiger partial charge < -0.3 is 9.72 Å². The van der Waals surface area contributed by atoms with Gasteiger partial charge in [0.05, 0.1) is 35.0 Å². The minimum absolute atomic E-state index is 0.0753. The van der Waals surface area contributed by atoms with Crippen LogP contribution in [0.2, 0.25) is 0 Å². The van der Waals surface area contributed by atoms with Crippen molar-refractivity contribution in [2.45, 2.75) is 18.0 Å². The van der Waals surface area contributed by atoms with E-state index < -0.39 is 49.5 Å². The first-order chi connectivity index (χ1) is 16.4. The van der Waals surface area contributed by atoms with Crippen LogP contribution in [0, 0.1) is 12.7 Å². The number of rotatable bonds is 6. The van der Waals surface area contributed by atoms with Crippen molar-refractivity contribution < 1.29 is 35.5 Å². The van der Waals surface area contributed by atoms with Gasteiger partial charge in [0.2, 0.25) is 0 Å². The summed E-state index contributed by atoms with van der Waals surface area (Å²) < 4.78 is 86.9. The van der Waals surface area contributed by atoms with Crippen LogP contribution >= 0.6 is 0 Å². The fourth-order valence-electron chi connectivity index (χ4n) is 3.49. The minimum Gasteiger partial charge on any atom is -0.495 e. The molecular weight excluding hydrogens is 490 g/mol. The third-order valence-electron chi connectivity index (χ3n) is 5.28. The maximum atomic E-state index is 15.5. The summed E-state index contributed by atoms with van der Waals surface area (Å²) in [5.74, 6) is -1.55. The van der Waals surface area contributed by atoms with Gasteiger partial charge in [-0.3, -0.25) is 9.52 Å². The van der Waals surface area contributed by atoms with Gasteiger partial charge in [-0.05, 0) is 42.8 Å². The maximum Gasteiger partial charge on any atom is 0.416 e. The summed E-state index contributed by atoms with van der Waals surface area (Å²) in [6, 6.07) is 6.99. The Kier molecular flexibility index (Phi) is 6.01. The molecule has 12 heteroatoms. The first-order valence-corrected chi connectivity index (χ1v) is 11.5. The van der Waals surface area contributed by atoms with E-state index in [2.05, 4.69) is 9.97 Å². The number of carbonyl (C=O) groups excluding carboxylic acids is 1. The Labute approximate surface area is 196 Å². The highest BCUT2D eigenvalue weighted by Crippen LogP contribution is 2.32. The summed E-state index contributed by atoms with van der Waals surface area (Å²) in [4.78, 5) is 19.5. The van der Waals surface area contributed by atoms with E-state index in [-0.39, 0.29) is 11.1 Å². The molecule has 0 radical (unpaired) electrons. The average molecular weight is 507 g/mol. The molecule has 4 aromatic rings. The van der Waals surface area contributed by atoms with Crippen molar-refractivity contribution in [1.82, 2.24) is 9.97 Å². The van der Waals surface area contributed by atoms with Crippen LogP contribution < -0.4 is 9.46 Å². The summed E-state index contributed by atoms with van der Waals surface area (Å²) in [5, 5.41) is 0.364. The molecular formula is C23H17F4N3O4S. The highest BCUT2D eigenvalue weighted by molar-refractivity contribution is 7.92. The Morgan fingerprint density at radius 3 is 2.57 bits per heavy atom. The Morgan fingerprint density at radius 1 is 1.14 bits per heavy atom. The van der Waals surface area contributed by atoms with Crippen LogP contribution in [0.4, 0.5) is 23.2 Å². The van der Waals surface area contributed by atoms with E-state index in [1.807, 2.05) is 4.72 Å². The number of methoxy groups -OCH3 is 1. The zero-order valence-corrected chi connectivity index (χ0v) is 19.0. The van der Waals surface area contributed by atoms with Crippen molar-refractivity contribution in [3.05, 3.63) is 82.9 Å². The van der Waals surface area contributed by atoms with E-state index in [1.165, 1.54) is 32.5 Å². The molecule has 0 fully saturated rings. The van der Waals surface area contributed by atoms with Gasteiger partial charge in [-0.25, -0.2) is 17.8 Å². The van der Waals surface area contributed by atoms with Crippen LogP contribution in [0.1, 0.15) is 27.0 Å². The molecule has 0 aliphatic carbocycles. The van der Waals surface area contributed by atoms with Gasteiger partial charge in [-0.1, -0.05) is 12.1 Å². The summed E-state index contributed by atoms with van der Waals surface area (Å²) in [7, 11) is -3.19. The standard InChI is InChI=1S/C23H17F4N3O4S/c1-12-6-7-18(30-35(32,33)15-5-3-4-13(8-15)23(25,26)27)20(24)19(12)21(31)17-11-29-22-16(17)9-14(34-2)10-28-22/h3-11,30H,1-2H3,(H,28,29). The maximum absolute atomic E-state index is 15.5. The number of sulfonamides is 1. The monoisotopic (exact) mass is 507 g/mol. The second-order valence-corrected chi connectivity index (χ2v) is 9.24. The molecule has 0 bridgehead atoms. The molecule has 0 spiro atoms. The predicted octanol–water partition coefficient (Wildman–Crippen LogP) is 5.07. The number of H-pyrrole nitrogens is 1. The van der Waals surface area contributed by atoms with E-state index >= 15 is 4.39 Å². The van der Waals surface area contributed by atoms with Gasteiger partial charge in [0.25, 0.3) is 10.0 Å². The molecule has 2 N–H and O–H groups in total. The summed E-state index contributed by atoms with van der Waals surface area (Å²) in [5.41, 5.74) is -1.52. The molecule has 0 unspecified atom stereocenters. The van der Waals surface area contributed by atoms with Crippen molar-refractivity contribution in [1.29, 1.82) is 0 Å². The van der Waals surface area contributed by atoms with Gasteiger partial charge in [-0.15, -0.1) is 0 Å². The molecule has 0 saturated carbocycles. The Morgan fingerprint density at radius 2 is 1.89 bits per heavy atom. The number of aromatic amines is 1. The lowest BCUT2D eigenvalue weighted by atomic mass is 9.98. The number of pyridine rings is 1. The van der Waals surface area contributed by atoms with Crippen molar-refractivity contribution in [2.75, 3.05) is 11.8 Å². The van der Waals surface area contributed by atoms with Crippen molar-refractivity contribution >= 4 is 32.5 Å². The smallest absolute Gasteiger partial charge is 0.416 e. The zero-order valence-electron chi connectivity index (χ0n) is 18.2. The molecule has 0 atom stereocenters. The number of nitrogens with one attached hydrogen (secondary N) is 2. The molecule has 0 saturated heterocycles. The molecule has 0 aliphatic rings. The molecule has 0 amide bonds. The number of aromatic nitrogens is 2. The Bertz CT molecular complexity index is 1560. The van der Waals surface area contributed by atoms with Crippen LogP contribution in [-0.2, 0) is 16.2 Å². The average Bonchev–Trinajstić information content (AvgIpc) is 3.23. The lowest BCUT2D eigenvalue weighted by Crippen LogP contribution is -2.17. The highest BCUT2D eigenvalue weighted by atomic mass is 32.2. The van der Waals surface area contributed by atoms with E-state index in [1.54, 1.807) is 6.07 Å². The molecule has 2 aromatic heterocycles. The fourth-order valence-corrected chi connectivity index (χ4v) is 4.60. The number of fused-ring (bicyclic) bond motifs is 1. The van der Waals surface area contributed by atoms with Crippen LogP contribution in [0.25, 0.3) is 11.0 Å². The molecule has 7 nitrogen and oxygen atoms in total. The number of hydrogen-bond acceptors (Lipinski definition) is 5. The van der Waals surface area contributed by atoms with Crippen molar-refractivity contribution in [2.24, 2.45) is 0 Å². The van der Waals surface area contributed by atoms with Gasteiger partial charge in [0.1, 0.15) is 11.4 Å². The van der Waals surface area contributed by atoms with Crippen molar-refractivity contribution in [3.8, 4) is 5.75 Å². The number of carbonyl (C=O) groups is 1. The lowest BCUT2D eigenvalue weighted by Gasteiger charge is -2.14. The minimum atomic E-state index is -4.77. The van der Waals surface area contributed by atoms with Gasteiger partial charge >= 0.3 is 6.18 Å². The van der Waals surface area contributed by atoms with E-state index in [0.717, 1.165) is 18.2 Å². The first kappa shape index (κ1) is 24.2. The molecule has 35 heavy (non-hydrogen) atoms. The number of alkyl halides is 3. The van der Waals surface area contributed by atoms with Crippen molar-refractivity contribution in [3.63, 3.8) is 0 Å². The number of ketones is 1. The second-order valence-electron chi connectivity index (χ2n) is 7.55. The number of anilines is 1. The predicted molar refractivity (Wildman–Crippen MR) is 119 cm³/mol. The number of hydrogen-bond donors (Lipinski definition) is 2. The number of benzene rings is 2. The number of ether oxygens (including phenoxy) is 1. The van der Waals surface area contributed by atoms with Crippen LogP contribution in [0.15, 0.2) is 59.8 Å². The number of halogens is 4. The number of nitrogens with zero attached hydrogens (tertiary/aromatic N) is 1. The van der Waals surface area contributed by atoms with E-state index in [4.69, 9.17) is 4.74 Å². The third-order valence-corrected chi connectivity index (χ3v) is 6.64. The first-order valence-electron chi connectivity index (χ1n) is 9.97. The SMILES string of the molecule is COc1cnc2[nH]cc(C(=O)c3c(C)ccc(NS(=O)(=O)c4cccc(C(F)(F)F)c4)c3F)c2c1. The highest BCUT2D eigenvalue weighted by Gasteiger charge is 2.32. The zero-order chi connectivity index (χ0) is 25.5. The van der Waals surface area contributed by atoms with Crippen LogP contribution in [-0.4, -0.2) is 31.3 Å². The third kappa shape index (κ3) is 4.56. The summed E-state index contributed by atoms with van der Waals surface area (Å²) in [6.45, 7) is 1.47. The normalized spacial score (nSPS) is 12.1. The van der Waals surface area contributed by atoms with E-state index in [0.29, 0.717) is 28.9 Å². The lowest BCUT2D eigenvalue weighted by molar-refractivity contribution is -0.137. The quantitative estimate of drug-likeness (QED) is 0.280. The molecule has 4 rings (SSSR count).